The molecule has 0 saturated heterocycles. The second kappa shape index (κ2) is 9.44. The van der Waals surface area contributed by atoms with Crippen molar-refractivity contribution in [3.05, 3.63) is 85.0 Å². The number of aryl methyl sites for hydroxylation is 1. The molecule has 12 heteroatoms. The Labute approximate surface area is 206 Å². The molecule has 0 fully saturated rings. The smallest absolute Gasteiger partial charge is 0.318 e. The van der Waals surface area contributed by atoms with E-state index in [1.54, 1.807) is 41.3 Å². The number of nitrogens with zero attached hydrogens (tertiary/aromatic N) is 4. The predicted molar refractivity (Wildman–Crippen MR) is 126 cm³/mol. The number of nitrogens with one attached hydrogen (secondary N) is 1. The molecule has 3 aromatic heterocycles. The summed E-state index contributed by atoms with van der Waals surface area (Å²) in [7, 11) is 0. The zero-order valence-corrected chi connectivity index (χ0v) is 20.3. The molecule has 0 saturated carbocycles. The van der Waals surface area contributed by atoms with Gasteiger partial charge in [-0.25, -0.2) is 0 Å². The minimum atomic E-state index is -4.50. The summed E-state index contributed by atoms with van der Waals surface area (Å²) < 4.78 is 41.1. The first-order chi connectivity index (χ1) is 16.0. The number of rotatable bonds is 6. The summed E-state index contributed by atoms with van der Waals surface area (Å²) >= 11 is 13.7. The van der Waals surface area contributed by atoms with Gasteiger partial charge in [0.15, 0.2) is 5.69 Å². The van der Waals surface area contributed by atoms with Crippen LogP contribution in [-0.4, -0.2) is 25.5 Å². The molecule has 4 aromatic rings. The van der Waals surface area contributed by atoms with Gasteiger partial charge in [-0.3, -0.25) is 14.2 Å². The second-order valence-electron chi connectivity index (χ2n) is 7.57. The topological polar surface area (TPSA) is 64.7 Å². The number of aromatic nitrogens is 4. The van der Waals surface area contributed by atoms with Gasteiger partial charge in [-0.15, -0.1) is 11.3 Å². The van der Waals surface area contributed by atoms with Crippen LogP contribution >= 0.6 is 34.5 Å². The first kappa shape index (κ1) is 24.3. The summed E-state index contributed by atoms with van der Waals surface area (Å²) in [6.45, 7) is 4.07. The maximum atomic E-state index is 12.8. The van der Waals surface area contributed by atoms with E-state index in [0.29, 0.717) is 38.4 Å². The van der Waals surface area contributed by atoms with Gasteiger partial charge in [0.2, 0.25) is 0 Å². The van der Waals surface area contributed by atoms with Crippen LogP contribution in [0, 0.1) is 13.8 Å². The van der Waals surface area contributed by atoms with Gasteiger partial charge in [0, 0.05) is 21.8 Å². The Balaban J connectivity index is 1.47. The van der Waals surface area contributed by atoms with E-state index in [1.807, 2.05) is 6.92 Å². The van der Waals surface area contributed by atoms with Gasteiger partial charge in [-0.2, -0.15) is 23.4 Å². The van der Waals surface area contributed by atoms with E-state index in [0.717, 1.165) is 17.3 Å². The number of hydrogen-bond donors (Lipinski definition) is 1. The number of carbonyl (C=O) groups excluding carboxylic acids is 1. The molecule has 1 aromatic carbocycles. The SMILES string of the molecule is Cc1nn(Cc2c(Cl)cccc2Cl)c(C)c1NC(=O)c1cc(Cn2ccc(C(F)(F)F)n2)cs1. The molecule has 0 bridgehead atoms. The Bertz CT molecular complexity index is 1340. The van der Waals surface area contributed by atoms with Crippen molar-refractivity contribution in [1.82, 2.24) is 19.6 Å². The summed E-state index contributed by atoms with van der Waals surface area (Å²) in [6, 6.07) is 7.81. The molecular formula is C22H18Cl2F3N5OS. The lowest BCUT2D eigenvalue weighted by Crippen LogP contribution is -2.12. The fraction of sp³-hybridized carbons (Fsp3) is 0.227. The molecule has 178 valence electrons. The van der Waals surface area contributed by atoms with Crippen molar-refractivity contribution >= 4 is 46.1 Å². The van der Waals surface area contributed by atoms with Crippen molar-refractivity contribution in [2.24, 2.45) is 0 Å². The third-order valence-electron chi connectivity index (χ3n) is 5.14. The van der Waals surface area contributed by atoms with Gasteiger partial charge in [-0.1, -0.05) is 29.3 Å². The van der Waals surface area contributed by atoms with Crippen LogP contribution in [-0.2, 0) is 19.3 Å². The maximum Gasteiger partial charge on any atom is 0.435 e. The molecular weight excluding hydrogens is 510 g/mol. The first-order valence-corrected chi connectivity index (χ1v) is 11.6. The Morgan fingerprint density at radius 1 is 1.12 bits per heavy atom. The minimum Gasteiger partial charge on any atom is -0.318 e. The number of anilines is 1. The zero-order valence-electron chi connectivity index (χ0n) is 18.0. The van der Waals surface area contributed by atoms with Crippen LogP contribution in [0.15, 0.2) is 41.9 Å². The van der Waals surface area contributed by atoms with E-state index in [-0.39, 0.29) is 12.5 Å². The number of benzene rings is 1. The summed E-state index contributed by atoms with van der Waals surface area (Å²) in [5.74, 6) is -0.339. The Morgan fingerprint density at radius 3 is 2.47 bits per heavy atom. The lowest BCUT2D eigenvalue weighted by atomic mass is 10.2. The fourth-order valence-corrected chi connectivity index (χ4v) is 4.72. The predicted octanol–water partition coefficient (Wildman–Crippen LogP) is 6.43. The first-order valence-electron chi connectivity index (χ1n) is 9.99. The lowest BCUT2D eigenvalue weighted by molar-refractivity contribution is -0.141. The maximum absolute atomic E-state index is 12.8. The van der Waals surface area contributed by atoms with Gasteiger partial charge < -0.3 is 5.32 Å². The number of thiophene rings is 1. The molecule has 0 unspecified atom stereocenters. The van der Waals surface area contributed by atoms with Crippen molar-refractivity contribution in [2.45, 2.75) is 33.1 Å². The van der Waals surface area contributed by atoms with Crippen LogP contribution < -0.4 is 5.32 Å². The summed E-state index contributed by atoms with van der Waals surface area (Å²) in [5, 5.41) is 13.7. The van der Waals surface area contributed by atoms with E-state index < -0.39 is 11.9 Å². The van der Waals surface area contributed by atoms with Crippen LogP contribution in [0.3, 0.4) is 0 Å². The third-order valence-corrected chi connectivity index (χ3v) is 6.83. The molecule has 6 nitrogen and oxygen atoms in total. The summed E-state index contributed by atoms with van der Waals surface area (Å²) in [4.78, 5) is 13.3. The molecule has 0 aliphatic rings. The number of hydrogen-bond acceptors (Lipinski definition) is 4. The Morgan fingerprint density at radius 2 is 1.82 bits per heavy atom. The quantitative estimate of drug-likeness (QED) is 0.314. The minimum absolute atomic E-state index is 0.119. The number of amides is 1. The average Bonchev–Trinajstić information content (AvgIpc) is 3.48. The highest BCUT2D eigenvalue weighted by Crippen LogP contribution is 2.29. The van der Waals surface area contributed by atoms with Gasteiger partial charge >= 0.3 is 6.18 Å². The molecule has 0 radical (unpaired) electrons. The summed E-state index contributed by atoms with van der Waals surface area (Å²) in [6.07, 6.45) is -3.24. The number of alkyl halides is 3. The molecule has 0 atom stereocenters. The molecule has 3 heterocycles. The molecule has 1 N–H and O–H groups in total. The highest BCUT2D eigenvalue weighted by Gasteiger charge is 2.33. The Kier molecular flexibility index (Phi) is 6.75. The van der Waals surface area contributed by atoms with Crippen LogP contribution in [0.2, 0.25) is 10.0 Å². The van der Waals surface area contributed by atoms with Gasteiger partial charge in [0.1, 0.15) is 0 Å². The molecule has 0 spiro atoms. The van der Waals surface area contributed by atoms with E-state index in [1.165, 1.54) is 22.2 Å². The highest BCUT2D eigenvalue weighted by atomic mass is 35.5. The molecule has 1 amide bonds. The molecule has 0 aliphatic heterocycles. The van der Waals surface area contributed by atoms with E-state index in [9.17, 15) is 18.0 Å². The van der Waals surface area contributed by atoms with Crippen molar-refractivity contribution in [3.63, 3.8) is 0 Å². The van der Waals surface area contributed by atoms with Gasteiger partial charge in [0.05, 0.1) is 35.0 Å². The van der Waals surface area contributed by atoms with Crippen molar-refractivity contribution in [1.29, 1.82) is 0 Å². The number of halogens is 5. The normalized spacial score (nSPS) is 11.7. The Hall–Kier alpha value is -2.82. The van der Waals surface area contributed by atoms with Crippen molar-refractivity contribution in [3.8, 4) is 0 Å². The van der Waals surface area contributed by atoms with Crippen LogP contribution in [0.4, 0.5) is 18.9 Å². The molecule has 34 heavy (non-hydrogen) atoms. The van der Waals surface area contributed by atoms with Crippen LogP contribution in [0.5, 0.6) is 0 Å². The van der Waals surface area contributed by atoms with E-state index in [2.05, 4.69) is 15.5 Å². The van der Waals surface area contributed by atoms with E-state index >= 15 is 0 Å². The number of carbonyl (C=O) groups is 1. The monoisotopic (exact) mass is 527 g/mol. The third kappa shape index (κ3) is 5.13. The molecule has 4 rings (SSSR count). The lowest BCUT2D eigenvalue weighted by Gasteiger charge is -2.09. The van der Waals surface area contributed by atoms with Crippen molar-refractivity contribution < 1.29 is 18.0 Å². The summed E-state index contributed by atoms with van der Waals surface area (Å²) in [5.41, 5.74) is 2.37. The van der Waals surface area contributed by atoms with Crippen LogP contribution in [0.25, 0.3) is 0 Å². The van der Waals surface area contributed by atoms with Gasteiger partial charge in [-0.05, 0) is 49.1 Å². The highest BCUT2D eigenvalue weighted by molar-refractivity contribution is 7.12. The largest absolute Gasteiger partial charge is 0.435 e. The second-order valence-corrected chi connectivity index (χ2v) is 9.30. The zero-order chi connectivity index (χ0) is 24.6. The van der Waals surface area contributed by atoms with Crippen LogP contribution in [0.1, 0.15) is 37.9 Å². The van der Waals surface area contributed by atoms with Gasteiger partial charge in [0.25, 0.3) is 5.91 Å². The standard InChI is InChI=1S/C22H18Cl2F3N5OS/c1-12-20(13(2)32(29-12)10-15-16(23)4-3-5-17(15)24)28-21(33)18-8-14(11-34-18)9-31-7-6-19(30-31)22(25,26)27/h3-8,11H,9-10H2,1-2H3,(H,28,33). The average molecular weight is 528 g/mol. The van der Waals surface area contributed by atoms with Crippen molar-refractivity contribution in [2.75, 3.05) is 5.32 Å². The fourth-order valence-electron chi connectivity index (χ4n) is 3.41. The van der Waals surface area contributed by atoms with E-state index in [4.69, 9.17) is 23.2 Å². The molecule has 0 aliphatic carbocycles.